The standard InChI is InChI=1S/C14H26N2O2/c1-4-12(2)16(13(3)17)11-8-14(18)15-9-6-5-7-10-15/h12H,4-11H2,1-3H3. The van der Waals surface area contributed by atoms with Crippen LogP contribution < -0.4 is 0 Å². The molecule has 18 heavy (non-hydrogen) atoms. The molecule has 1 aliphatic heterocycles. The molecule has 104 valence electrons. The molecule has 0 aliphatic carbocycles. The fourth-order valence-corrected chi connectivity index (χ4v) is 2.43. The van der Waals surface area contributed by atoms with Crippen molar-refractivity contribution in [3.63, 3.8) is 0 Å². The summed E-state index contributed by atoms with van der Waals surface area (Å²) in [7, 11) is 0. The Hall–Kier alpha value is -1.06. The van der Waals surface area contributed by atoms with Gasteiger partial charge in [-0.25, -0.2) is 0 Å². The van der Waals surface area contributed by atoms with E-state index in [9.17, 15) is 9.59 Å². The zero-order chi connectivity index (χ0) is 13.5. The minimum Gasteiger partial charge on any atom is -0.343 e. The molecule has 0 spiro atoms. The maximum atomic E-state index is 12.0. The SMILES string of the molecule is CCC(C)N(CCC(=O)N1CCCCC1)C(C)=O. The van der Waals surface area contributed by atoms with Crippen molar-refractivity contribution in [2.45, 2.75) is 58.9 Å². The van der Waals surface area contributed by atoms with Gasteiger partial charge in [-0.3, -0.25) is 9.59 Å². The Morgan fingerprint density at radius 2 is 1.83 bits per heavy atom. The van der Waals surface area contributed by atoms with Gasteiger partial charge in [0.05, 0.1) is 0 Å². The van der Waals surface area contributed by atoms with Crippen LogP contribution in [-0.2, 0) is 9.59 Å². The number of rotatable bonds is 5. The zero-order valence-corrected chi connectivity index (χ0v) is 11.9. The van der Waals surface area contributed by atoms with Gasteiger partial charge < -0.3 is 9.80 Å². The van der Waals surface area contributed by atoms with Gasteiger partial charge in [0.25, 0.3) is 0 Å². The Morgan fingerprint density at radius 1 is 1.22 bits per heavy atom. The predicted molar refractivity (Wildman–Crippen MR) is 72.2 cm³/mol. The molecule has 4 heteroatoms. The number of hydrogen-bond donors (Lipinski definition) is 0. The molecule has 0 radical (unpaired) electrons. The van der Waals surface area contributed by atoms with E-state index in [2.05, 4.69) is 6.92 Å². The van der Waals surface area contributed by atoms with Crippen LogP contribution >= 0.6 is 0 Å². The summed E-state index contributed by atoms with van der Waals surface area (Å²) in [5, 5.41) is 0. The third-order valence-corrected chi connectivity index (χ3v) is 3.80. The van der Waals surface area contributed by atoms with Crippen LogP contribution in [0.3, 0.4) is 0 Å². The van der Waals surface area contributed by atoms with Crippen LogP contribution in [0.25, 0.3) is 0 Å². The normalized spacial score (nSPS) is 17.4. The van der Waals surface area contributed by atoms with Crippen LogP contribution in [0, 0.1) is 0 Å². The van der Waals surface area contributed by atoms with Gasteiger partial charge in [0.1, 0.15) is 0 Å². The van der Waals surface area contributed by atoms with Gasteiger partial charge in [-0.2, -0.15) is 0 Å². The minimum absolute atomic E-state index is 0.0656. The summed E-state index contributed by atoms with van der Waals surface area (Å²) in [6, 6.07) is 0.219. The molecular formula is C14H26N2O2. The van der Waals surface area contributed by atoms with Gasteiger partial charge in [-0.05, 0) is 32.6 Å². The second kappa shape index (κ2) is 7.39. The minimum atomic E-state index is 0.0656. The van der Waals surface area contributed by atoms with Gasteiger partial charge in [0, 0.05) is 39.0 Å². The number of carbonyl (C=O) groups is 2. The zero-order valence-electron chi connectivity index (χ0n) is 11.9. The highest BCUT2D eigenvalue weighted by atomic mass is 16.2. The van der Waals surface area contributed by atoms with E-state index in [0.717, 1.165) is 32.4 Å². The van der Waals surface area contributed by atoms with Crippen molar-refractivity contribution < 1.29 is 9.59 Å². The van der Waals surface area contributed by atoms with Crippen LogP contribution in [0.2, 0.25) is 0 Å². The van der Waals surface area contributed by atoms with E-state index < -0.39 is 0 Å². The van der Waals surface area contributed by atoms with Crippen LogP contribution in [-0.4, -0.2) is 47.3 Å². The van der Waals surface area contributed by atoms with E-state index in [0.29, 0.717) is 13.0 Å². The third-order valence-electron chi connectivity index (χ3n) is 3.80. The third kappa shape index (κ3) is 4.31. The molecule has 0 aromatic heterocycles. The van der Waals surface area contributed by atoms with Gasteiger partial charge in [-0.15, -0.1) is 0 Å². The summed E-state index contributed by atoms with van der Waals surface area (Å²) in [4.78, 5) is 27.3. The topological polar surface area (TPSA) is 40.6 Å². The van der Waals surface area contributed by atoms with Crippen LogP contribution in [0.4, 0.5) is 0 Å². The van der Waals surface area contributed by atoms with E-state index >= 15 is 0 Å². The number of piperidine rings is 1. The number of likely N-dealkylation sites (tertiary alicyclic amines) is 1. The maximum Gasteiger partial charge on any atom is 0.224 e. The van der Waals surface area contributed by atoms with Crippen molar-refractivity contribution in [2.24, 2.45) is 0 Å². The van der Waals surface area contributed by atoms with E-state index in [-0.39, 0.29) is 17.9 Å². The molecule has 2 amide bonds. The van der Waals surface area contributed by atoms with Gasteiger partial charge in [0.2, 0.25) is 11.8 Å². The molecule has 0 aromatic rings. The summed E-state index contributed by atoms with van der Waals surface area (Å²) < 4.78 is 0. The molecular weight excluding hydrogens is 228 g/mol. The predicted octanol–water partition coefficient (Wildman–Crippen LogP) is 2.04. The fraction of sp³-hybridized carbons (Fsp3) is 0.857. The average molecular weight is 254 g/mol. The molecule has 0 aromatic carbocycles. The summed E-state index contributed by atoms with van der Waals surface area (Å²) >= 11 is 0. The maximum absolute atomic E-state index is 12.0. The molecule has 0 N–H and O–H groups in total. The first-order chi connectivity index (χ1) is 8.56. The number of amides is 2. The van der Waals surface area contributed by atoms with E-state index in [1.54, 1.807) is 6.92 Å². The lowest BCUT2D eigenvalue weighted by atomic mass is 10.1. The van der Waals surface area contributed by atoms with Gasteiger partial charge in [-0.1, -0.05) is 6.92 Å². The van der Waals surface area contributed by atoms with Crippen molar-refractivity contribution in [3.05, 3.63) is 0 Å². The Morgan fingerprint density at radius 3 is 2.33 bits per heavy atom. The van der Waals surface area contributed by atoms with Crippen LogP contribution in [0.5, 0.6) is 0 Å². The Bertz CT molecular complexity index is 286. The van der Waals surface area contributed by atoms with Gasteiger partial charge in [0.15, 0.2) is 0 Å². The van der Waals surface area contributed by atoms with E-state index in [1.807, 2.05) is 16.7 Å². The first-order valence-electron chi connectivity index (χ1n) is 7.11. The summed E-state index contributed by atoms with van der Waals surface area (Å²) in [6.45, 7) is 8.02. The lowest BCUT2D eigenvalue weighted by molar-refractivity contribution is -0.135. The molecule has 1 saturated heterocycles. The van der Waals surface area contributed by atoms with Gasteiger partial charge >= 0.3 is 0 Å². The van der Waals surface area contributed by atoms with Crippen molar-refractivity contribution in [3.8, 4) is 0 Å². The lowest BCUT2D eigenvalue weighted by Gasteiger charge is -2.30. The molecule has 1 aliphatic rings. The molecule has 0 bridgehead atoms. The second-order valence-corrected chi connectivity index (χ2v) is 5.16. The molecule has 1 atom stereocenters. The smallest absolute Gasteiger partial charge is 0.224 e. The van der Waals surface area contributed by atoms with Crippen molar-refractivity contribution in [1.29, 1.82) is 0 Å². The highest BCUT2D eigenvalue weighted by molar-refractivity contribution is 5.78. The number of nitrogens with zero attached hydrogens (tertiary/aromatic N) is 2. The van der Waals surface area contributed by atoms with E-state index in [1.165, 1.54) is 6.42 Å². The molecule has 1 unspecified atom stereocenters. The molecule has 1 fully saturated rings. The summed E-state index contributed by atoms with van der Waals surface area (Å²) in [5.41, 5.74) is 0. The lowest BCUT2D eigenvalue weighted by Crippen LogP contribution is -2.41. The first-order valence-corrected chi connectivity index (χ1v) is 7.11. The second-order valence-electron chi connectivity index (χ2n) is 5.16. The quantitative estimate of drug-likeness (QED) is 0.753. The summed E-state index contributed by atoms with van der Waals surface area (Å²) in [6.07, 6.45) is 4.86. The van der Waals surface area contributed by atoms with Crippen molar-refractivity contribution in [2.75, 3.05) is 19.6 Å². The van der Waals surface area contributed by atoms with Crippen molar-refractivity contribution >= 4 is 11.8 Å². The first kappa shape index (κ1) is 15.0. The largest absolute Gasteiger partial charge is 0.343 e. The van der Waals surface area contributed by atoms with E-state index in [4.69, 9.17) is 0 Å². The van der Waals surface area contributed by atoms with Crippen LogP contribution in [0.15, 0.2) is 0 Å². The van der Waals surface area contributed by atoms with Crippen LogP contribution in [0.1, 0.15) is 52.9 Å². The monoisotopic (exact) mass is 254 g/mol. The molecule has 1 heterocycles. The Balaban J connectivity index is 2.41. The highest BCUT2D eigenvalue weighted by Gasteiger charge is 2.20. The number of hydrogen-bond acceptors (Lipinski definition) is 2. The Kier molecular flexibility index (Phi) is 6.16. The molecule has 1 rings (SSSR count). The summed E-state index contributed by atoms with van der Waals surface area (Å²) in [5.74, 6) is 0.264. The fourth-order valence-electron chi connectivity index (χ4n) is 2.43. The Labute approximate surface area is 110 Å². The van der Waals surface area contributed by atoms with Crippen molar-refractivity contribution in [1.82, 2.24) is 9.80 Å². The molecule has 4 nitrogen and oxygen atoms in total. The molecule has 0 saturated carbocycles. The highest BCUT2D eigenvalue weighted by Crippen LogP contribution is 2.11. The number of carbonyl (C=O) groups excluding carboxylic acids is 2. The average Bonchev–Trinajstić information content (AvgIpc) is 2.39.